The Morgan fingerprint density at radius 1 is 0.365 bits per heavy atom. The van der Waals surface area contributed by atoms with Gasteiger partial charge < -0.3 is 13.9 Å². The fraction of sp³-hybridized carbons (Fsp3) is 0. The zero-order valence-corrected chi connectivity index (χ0v) is 28.0. The lowest BCUT2D eigenvalue weighted by atomic mass is 9.35. The molecule has 0 amide bonds. The fourth-order valence-corrected chi connectivity index (χ4v) is 9.16. The Bertz CT molecular complexity index is 3140. The molecule has 10 aromatic rings. The zero-order chi connectivity index (χ0) is 33.9. The summed E-state index contributed by atoms with van der Waals surface area (Å²) in [5.41, 5.74) is 9.06. The Morgan fingerprint density at radius 3 is 1.42 bits per heavy atom. The van der Waals surface area contributed by atoms with Crippen molar-refractivity contribution in [2.45, 2.75) is 0 Å². The topological polar surface area (TPSA) is 22.9 Å². The van der Waals surface area contributed by atoms with Crippen molar-refractivity contribution in [3.63, 3.8) is 0 Å². The first-order chi connectivity index (χ1) is 25.8. The summed E-state index contributed by atoms with van der Waals surface area (Å²) in [5, 5.41) is 9.71. The van der Waals surface area contributed by atoms with Gasteiger partial charge in [0.25, 0.3) is 6.71 Å². The van der Waals surface area contributed by atoms with E-state index in [1.165, 1.54) is 54.1 Å². The molecule has 0 saturated carbocycles. The highest BCUT2D eigenvalue weighted by Crippen LogP contribution is 2.43. The van der Waals surface area contributed by atoms with Crippen molar-refractivity contribution >= 4 is 82.7 Å². The molecule has 240 valence electrons. The van der Waals surface area contributed by atoms with Crippen LogP contribution in [0.25, 0.3) is 70.8 Å². The maximum Gasteiger partial charge on any atom is 0.260 e. The highest BCUT2D eigenvalue weighted by molar-refractivity contribution is 6.98. The molecule has 12 rings (SSSR count). The zero-order valence-electron chi connectivity index (χ0n) is 28.0. The third-order valence-corrected chi connectivity index (χ3v) is 11.3. The summed E-state index contributed by atoms with van der Waals surface area (Å²) < 4.78 is 16.1. The first-order valence-electron chi connectivity index (χ1n) is 17.9. The van der Waals surface area contributed by atoms with E-state index in [0.717, 1.165) is 56.0 Å². The molecule has 8 aromatic carbocycles. The predicted molar refractivity (Wildman–Crippen MR) is 217 cm³/mol. The lowest BCUT2D eigenvalue weighted by Gasteiger charge is -2.33. The minimum atomic E-state index is 0.0270. The van der Waals surface area contributed by atoms with Gasteiger partial charge in [-0.05, 0) is 68.4 Å². The Balaban J connectivity index is 1.30. The standard InChI is InChI=1S/C48H28BNO2/c1-3-15-33-31(13-1)32-14-2-4-16-34(32)37-20-12-21-38-35-17-5-8-24-41(35)50(48(37)38)47-30(18-11-19-36(33)47)29-27-44-46-45(28-29)52-43-26-10-7-23-40(43)49(46)39-22-6-9-25-42(39)51-44/h1-28H. The van der Waals surface area contributed by atoms with Gasteiger partial charge >= 0.3 is 0 Å². The monoisotopic (exact) mass is 661 g/mol. The second kappa shape index (κ2) is 10.4. The van der Waals surface area contributed by atoms with Gasteiger partial charge in [-0.15, -0.1) is 0 Å². The van der Waals surface area contributed by atoms with E-state index in [1.54, 1.807) is 0 Å². The predicted octanol–water partition coefficient (Wildman–Crippen LogP) is 10.7. The van der Waals surface area contributed by atoms with Crippen molar-refractivity contribution in [1.82, 2.24) is 4.40 Å². The summed E-state index contributed by atoms with van der Waals surface area (Å²) >= 11 is 0. The average Bonchev–Trinajstić information content (AvgIpc) is 3.56. The molecule has 2 aromatic heterocycles. The number of rotatable bonds is 1. The van der Waals surface area contributed by atoms with Crippen LogP contribution in [0.2, 0.25) is 0 Å². The van der Waals surface area contributed by atoms with Crippen molar-refractivity contribution in [1.29, 1.82) is 0 Å². The molecule has 4 heterocycles. The van der Waals surface area contributed by atoms with Gasteiger partial charge in [0.2, 0.25) is 0 Å². The largest absolute Gasteiger partial charge is 0.458 e. The first-order valence-corrected chi connectivity index (χ1v) is 17.9. The summed E-state index contributed by atoms with van der Waals surface area (Å²) in [7, 11) is 0. The maximum absolute atomic E-state index is 6.79. The van der Waals surface area contributed by atoms with Crippen LogP contribution in [0.15, 0.2) is 170 Å². The SMILES string of the molecule is c1ccc2c(c1)Oc1cc(-c3cccc4c5ccccc5c5ccccc5c5cccc6c7ccccc7n(c34)c56)cc3c1B2c1ccccc1O3. The van der Waals surface area contributed by atoms with Crippen LogP contribution in [0, 0.1) is 0 Å². The number of benzene rings is 8. The van der Waals surface area contributed by atoms with Gasteiger partial charge in [0.15, 0.2) is 0 Å². The quantitative estimate of drug-likeness (QED) is 0.164. The van der Waals surface area contributed by atoms with E-state index in [4.69, 9.17) is 9.47 Å². The van der Waals surface area contributed by atoms with Gasteiger partial charge in [-0.1, -0.05) is 140 Å². The van der Waals surface area contributed by atoms with Crippen LogP contribution in [-0.2, 0) is 0 Å². The molecular weight excluding hydrogens is 633 g/mol. The van der Waals surface area contributed by atoms with Crippen molar-refractivity contribution in [2.75, 3.05) is 0 Å². The van der Waals surface area contributed by atoms with Crippen LogP contribution < -0.4 is 25.9 Å². The molecule has 0 spiro atoms. The fourth-order valence-electron chi connectivity index (χ4n) is 9.16. The highest BCUT2D eigenvalue weighted by Gasteiger charge is 2.40. The summed E-state index contributed by atoms with van der Waals surface area (Å²) in [6.45, 7) is 0.0270. The molecule has 0 fully saturated rings. The van der Waals surface area contributed by atoms with Gasteiger partial charge in [-0.3, -0.25) is 0 Å². The van der Waals surface area contributed by atoms with Crippen LogP contribution in [0.1, 0.15) is 0 Å². The Morgan fingerprint density at radius 2 is 0.808 bits per heavy atom. The summed E-state index contributed by atoms with van der Waals surface area (Å²) in [4.78, 5) is 0. The Labute approximate surface area is 299 Å². The van der Waals surface area contributed by atoms with E-state index in [1.807, 2.05) is 0 Å². The highest BCUT2D eigenvalue weighted by atomic mass is 16.5. The van der Waals surface area contributed by atoms with E-state index in [-0.39, 0.29) is 6.71 Å². The summed E-state index contributed by atoms with van der Waals surface area (Å²) in [6, 6.07) is 61.3. The molecule has 0 saturated heterocycles. The second-order valence-corrected chi connectivity index (χ2v) is 13.9. The van der Waals surface area contributed by atoms with Crippen LogP contribution in [0.4, 0.5) is 0 Å². The molecule has 0 atom stereocenters. The molecule has 0 radical (unpaired) electrons. The Hall–Kier alpha value is -6.78. The summed E-state index contributed by atoms with van der Waals surface area (Å²) in [6.07, 6.45) is 0. The smallest absolute Gasteiger partial charge is 0.260 e. The number of hydrogen-bond donors (Lipinski definition) is 0. The van der Waals surface area contributed by atoms with Crippen LogP contribution in [0.5, 0.6) is 23.0 Å². The van der Waals surface area contributed by atoms with E-state index in [9.17, 15) is 0 Å². The lowest BCUT2D eigenvalue weighted by molar-refractivity contribution is 0.465. The number of aromatic nitrogens is 1. The normalized spacial score (nSPS) is 12.9. The molecule has 0 bridgehead atoms. The number of para-hydroxylation sites is 5. The van der Waals surface area contributed by atoms with Crippen LogP contribution in [0.3, 0.4) is 0 Å². The molecule has 0 unspecified atom stereocenters. The minimum absolute atomic E-state index is 0.0270. The van der Waals surface area contributed by atoms with E-state index in [0.29, 0.717) is 0 Å². The van der Waals surface area contributed by atoms with Gasteiger partial charge in [-0.2, -0.15) is 0 Å². The number of fused-ring (bicyclic) bond motifs is 14. The van der Waals surface area contributed by atoms with E-state index in [2.05, 4.69) is 174 Å². The van der Waals surface area contributed by atoms with Gasteiger partial charge in [0, 0.05) is 32.6 Å². The van der Waals surface area contributed by atoms with Crippen LogP contribution in [-0.4, -0.2) is 11.1 Å². The molecule has 52 heavy (non-hydrogen) atoms. The second-order valence-electron chi connectivity index (χ2n) is 13.9. The van der Waals surface area contributed by atoms with Gasteiger partial charge in [0.05, 0.1) is 16.6 Å². The minimum Gasteiger partial charge on any atom is -0.458 e. The van der Waals surface area contributed by atoms with E-state index < -0.39 is 0 Å². The molecule has 3 nitrogen and oxygen atoms in total. The molecule has 2 aliphatic heterocycles. The van der Waals surface area contributed by atoms with Crippen molar-refractivity contribution in [2.24, 2.45) is 0 Å². The van der Waals surface area contributed by atoms with Gasteiger partial charge in [-0.25, -0.2) is 0 Å². The molecule has 2 aliphatic rings. The lowest BCUT2D eigenvalue weighted by Crippen LogP contribution is -2.57. The van der Waals surface area contributed by atoms with Crippen LogP contribution >= 0.6 is 0 Å². The van der Waals surface area contributed by atoms with E-state index >= 15 is 0 Å². The number of ether oxygens (including phenoxy) is 2. The maximum atomic E-state index is 6.79. The summed E-state index contributed by atoms with van der Waals surface area (Å²) in [5.74, 6) is 3.45. The van der Waals surface area contributed by atoms with Crippen molar-refractivity contribution in [3.8, 4) is 34.1 Å². The number of hydrogen-bond acceptors (Lipinski definition) is 2. The number of nitrogens with zero attached hydrogens (tertiary/aromatic N) is 1. The third-order valence-electron chi connectivity index (χ3n) is 11.3. The first kappa shape index (κ1) is 28.0. The van der Waals surface area contributed by atoms with Crippen molar-refractivity contribution in [3.05, 3.63) is 170 Å². The third kappa shape index (κ3) is 3.71. The molecular formula is C48H28BNO2. The Kier molecular flexibility index (Phi) is 5.58. The average molecular weight is 662 g/mol. The van der Waals surface area contributed by atoms with Gasteiger partial charge in [0.1, 0.15) is 23.0 Å². The molecule has 0 N–H and O–H groups in total. The van der Waals surface area contributed by atoms with Crippen molar-refractivity contribution < 1.29 is 9.47 Å². The molecule has 0 aliphatic carbocycles. The molecule has 4 heteroatoms.